The highest BCUT2D eigenvalue weighted by atomic mass is 79.9. The molecule has 74 valence electrons. The van der Waals surface area contributed by atoms with E-state index >= 15 is 0 Å². The van der Waals surface area contributed by atoms with Crippen LogP contribution in [0.3, 0.4) is 0 Å². The third-order valence-electron chi connectivity index (χ3n) is 1.41. The highest BCUT2D eigenvalue weighted by Crippen LogP contribution is 2.30. The molecule has 0 saturated heterocycles. The minimum absolute atomic E-state index is 0.201. The summed E-state index contributed by atoms with van der Waals surface area (Å²) in [7, 11) is 0.908. The molecule has 1 aromatic rings. The van der Waals surface area contributed by atoms with Gasteiger partial charge in [0.25, 0.3) is 9.05 Å². The van der Waals surface area contributed by atoms with Gasteiger partial charge in [0, 0.05) is 10.7 Å². The summed E-state index contributed by atoms with van der Waals surface area (Å²) in [5, 5.41) is 8.58. The Morgan fingerprint density at radius 2 is 2.07 bits per heavy atom. The Morgan fingerprint density at radius 3 is 2.50 bits per heavy atom. The first-order chi connectivity index (χ1) is 6.38. The zero-order valence-electron chi connectivity index (χ0n) is 6.46. The fraction of sp³-hybridized carbons (Fsp3) is 0. The van der Waals surface area contributed by atoms with Gasteiger partial charge in [-0.2, -0.15) is 5.26 Å². The average Bonchev–Trinajstić information content (AvgIpc) is 2.07. The molecule has 0 bridgehead atoms. The predicted molar refractivity (Wildman–Crippen MR) is 51.9 cm³/mol. The van der Waals surface area contributed by atoms with Crippen LogP contribution in [0.1, 0.15) is 5.56 Å². The normalized spacial score (nSPS) is 11.0. The lowest BCUT2D eigenvalue weighted by Crippen LogP contribution is -1.98. The summed E-state index contributed by atoms with van der Waals surface area (Å²) in [6, 6.07) is 3.64. The molecule has 0 amide bonds. The van der Waals surface area contributed by atoms with Crippen LogP contribution in [-0.2, 0) is 9.05 Å². The van der Waals surface area contributed by atoms with E-state index in [1.807, 2.05) is 0 Å². The molecule has 0 atom stereocenters. The van der Waals surface area contributed by atoms with Gasteiger partial charge in [-0.05, 0) is 28.1 Å². The molecule has 0 unspecified atom stereocenters. The number of halogens is 3. The Bertz CT molecular complexity index is 523. The fourth-order valence-electron chi connectivity index (χ4n) is 0.858. The van der Waals surface area contributed by atoms with Gasteiger partial charge in [0.15, 0.2) is 0 Å². The zero-order chi connectivity index (χ0) is 10.9. The van der Waals surface area contributed by atoms with Crippen LogP contribution in [0, 0.1) is 17.1 Å². The molecule has 1 aromatic carbocycles. The number of nitriles is 1. The third kappa shape index (κ3) is 2.05. The van der Waals surface area contributed by atoms with Gasteiger partial charge >= 0.3 is 0 Å². The highest BCUT2D eigenvalue weighted by molar-refractivity contribution is 9.10. The van der Waals surface area contributed by atoms with Crippen molar-refractivity contribution in [3.05, 3.63) is 28.0 Å². The molecule has 3 nitrogen and oxygen atoms in total. The van der Waals surface area contributed by atoms with Crippen molar-refractivity contribution in [3.63, 3.8) is 0 Å². The van der Waals surface area contributed by atoms with Crippen molar-refractivity contribution in [2.75, 3.05) is 0 Å². The molecule has 14 heavy (non-hydrogen) atoms. The quantitative estimate of drug-likeness (QED) is 0.748. The van der Waals surface area contributed by atoms with Crippen molar-refractivity contribution in [1.29, 1.82) is 5.26 Å². The molecule has 7 heteroatoms. The number of benzene rings is 1. The summed E-state index contributed by atoms with van der Waals surface area (Å²) in [6.07, 6.45) is 0. The van der Waals surface area contributed by atoms with Crippen molar-refractivity contribution < 1.29 is 12.8 Å². The van der Waals surface area contributed by atoms with E-state index in [0.717, 1.165) is 12.1 Å². The van der Waals surface area contributed by atoms with Crippen LogP contribution in [0.2, 0.25) is 0 Å². The van der Waals surface area contributed by atoms with Crippen molar-refractivity contribution in [3.8, 4) is 6.07 Å². The van der Waals surface area contributed by atoms with Gasteiger partial charge in [-0.1, -0.05) is 0 Å². The Hall–Kier alpha value is -0.640. The minimum atomic E-state index is -4.14. The Balaban J connectivity index is 3.72. The van der Waals surface area contributed by atoms with E-state index in [1.165, 1.54) is 0 Å². The topological polar surface area (TPSA) is 57.9 Å². The average molecular weight is 299 g/mol. The molecule has 0 aromatic heterocycles. The Kier molecular flexibility index (Phi) is 3.14. The third-order valence-corrected chi connectivity index (χ3v) is 3.83. The van der Waals surface area contributed by atoms with E-state index < -0.39 is 19.8 Å². The van der Waals surface area contributed by atoms with Gasteiger partial charge in [0.05, 0.1) is 10.0 Å². The van der Waals surface area contributed by atoms with E-state index in [4.69, 9.17) is 15.9 Å². The summed E-state index contributed by atoms with van der Waals surface area (Å²) in [4.78, 5) is -0.540. The Labute approximate surface area is 92.7 Å². The SMILES string of the molecule is N#Cc1ccc(F)c(Br)c1S(=O)(=O)Cl. The summed E-state index contributed by atoms with van der Waals surface area (Å²) in [5.74, 6) is -0.789. The maximum atomic E-state index is 12.9. The summed E-state index contributed by atoms with van der Waals surface area (Å²) >= 11 is 2.72. The fourth-order valence-corrected chi connectivity index (χ4v) is 3.29. The standard InChI is InChI=1S/C7H2BrClFNO2S/c8-6-5(10)2-1-4(3-11)7(6)14(9,12)13/h1-2H. The molecule has 0 aliphatic rings. The van der Waals surface area contributed by atoms with Crippen LogP contribution in [0.5, 0.6) is 0 Å². The van der Waals surface area contributed by atoms with Crippen molar-refractivity contribution in [1.82, 2.24) is 0 Å². The minimum Gasteiger partial charge on any atom is -0.207 e. The molecule has 0 fully saturated rings. The van der Waals surface area contributed by atoms with Gasteiger partial charge < -0.3 is 0 Å². The maximum absolute atomic E-state index is 12.9. The van der Waals surface area contributed by atoms with Gasteiger partial charge in [-0.25, -0.2) is 12.8 Å². The molecular formula is C7H2BrClFNO2S. The van der Waals surface area contributed by atoms with Gasteiger partial charge in [-0.3, -0.25) is 0 Å². The van der Waals surface area contributed by atoms with E-state index in [2.05, 4.69) is 15.9 Å². The lowest BCUT2D eigenvalue weighted by Gasteiger charge is -2.02. The lowest BCUT2D eigenvalue weighted by molar-refractivity contribution is 0.597. The molecule has 0 aliphatic carbocycles. The number of rotatable bonds is 1. The monoisotopic (exact) mass is 297 g/mol. The molecular weight excluding hydrogens is 297 g/mol. The molecule has 0 heterocycles. The van der Waals surface area contributed by atoms with E-state index in [-0.39, 0.29) is 10.0 Å². The van der Waals surface area contributed by atoms with Gasteiger partial charge in [-0.15, -0.1) is 0 Å². The molecule has 0 saturated carbocycles. The van der Waals surface area contributed by atoms with Crippen molar-refractivity contribution in [2.45, 2.75) is 4.90 Å². The lowest BCUT2D eigenvalue weighted by atomic mass is 10.2. The van der Waals surface area contributed by atoms with Crippen LogP contribution < -0.4 is 0 Å². The number of hydrogen-bond donors (Lipinski definition) is 0. The maximum Gasteiger partial charge on any atom is 0.263 e. The number of hydrogen-bond acceptors (Lipinski definition) is 3. The van der Waals surface area contributed by atoms with E-state index in [9.17, 15) is 12.8 Å². The van der Waals surface area contributed by atoms with Gasteiger partial charge in [0.1, 0.15) is 16.8 Å². The summed E-state index contributed by atoms with van der Waals surface area (Å²) in [6.45, 7) is 0. The molecule has 0 spiro atoms. The van der Waals surface area contributed by atoms with E-state index in [1.54, 1.807) is 6.07 Å². The number of nitrogens with zero attached hydrogens (tertiary/aromatic N) is 1. The van der Waals surface area contributed by atoms with Crippen LogP contribution in [0.4, 0.5) is 4.39 Å². The van der Waals surface area contributed by atoms with Crippen molar-refractivity contribution in [2.24, 2.45) is 0 Å². The second kappa shape index (κ2) is 3.85. The Morgan fingerprint density at radius 1 is 1.50 bits per heavy atom. The van der Waals surface area contributed by atoms with E-state index in [0.29, 0.717) is 0 Å². The summed E-state index contributed by atoms with van der Waals surface area (Å²) in [5.41, 5.74) is -0.201. The first-order valence-corrected chi connectivity index (χ1v) is 6.31. The van der Waals surface area contributed by atoms with Crippen molar-refractivity contribution >= 4 is 35.7 Å². The van der Waals surface area contributed by atoms with Crippen LogP contribution in [0.15, 0.2) is 21.5 Å². The zero-order valence-corrected chi connectivity index (χ0v) is 9.62. The first-order valence-electron chi connectivity index (χ1n) is 3.20. The molecule has 0 N–H and O–H groups in total. The second-order valence-electron chi connectivity index (χ2n) is 2.29. The van der Waals surface area contributed by atoms with Crippen LogP contribution in [-0.4, -0.2) is 8.42 Å². The van der Waals surface area contributed by atoms with Crippen LogP contribution >= 0.6 is 26.6 Å². The first kappa shape index (κ1) is 11.4. The molecule has 0 radical (unpaired) electrons. The van der Waals surface area contributed by atoms with Crippen LogP contribution in [0.25, 0.3) is 0 Å². The summed E-state index contributed by atoms with van der Waals surface area (Å²) < 4.78 is 34.6. The predicted octanol–water partition coefficient (Wildman–Crippen LogP) is 2.39. The van der Waals surface area contributed by atoms with Gasteiger partial charge in [0.2, 0.25) is 0 Å². The highest BCUT2D eigenvalue weighted by Gasteiger charge is 2.22. The molecule has 1 rings (SSSR count). The smallest absolute Gasteiger partial charge is 0.207 e. The molecule has 0 aliphatic heterocycles. The largest absolute Gasteiger partial charge is 0.263 e. The second-order valence-corrected chi connectivity index (χ2v) is 5.58.